The Balaban J connectivity index is 1.80. The second-order valence-corrected chi connectivity index (χ2v) is 9.80. The molecule has 0 aliphatic carbocycles. The van der Waals surface area contributed by atoms with Crippen LogP contribution in [0.5, 0.6) is 17.2 Å². The first-order chi connectivity index (χ1) is 17.3. The van der Waals surface area contributed by atoms with Gasteiger partial charge in [-0.05, 0) is 42.0 Å². The van der Waals surface area contributed by atoms with Crippen molar-refractivity contribution in [2.45, 2.75) is 11.4 Å². The molecular formula is C25H26ClN3O6S. The molecule has 11 heteroatoms. The van der Waals surface area contributed by atoms with E-state index in [1.54, 1.807) is 36.4 Å². The van der Waals surface area contributed by atoms with Crippen LogP contribution in [0.15, 0.2) is 76.7 Å². The highest BCUT2D eigenvalue weighted by atomic mass is 35.5. The fourth-order valence-electron chi connectivity index (χ4n) is 3.36. The maximum atomic E-state index is 13.3. The lowest BCUT2D eigenvalue weighted by atomic mass is 10.2. The summed E-state index contributed by atoms with van der Waals surface area (Å²) in [5.74, 6) is 0.586. The summed E-state index contributed by atoms with van der Waals surface area (Å²) in [4.78, 5) is 12.7. The molecule has 0 fully saturated rings. The van der Waals surface area contributed by atoms with Crippen molar-refractivity contribution in [1.82, 2.24) is 9.73 Å². The van der Waals surface area contributed by atoms with Crippen LogP contribution in [0.25, 0.3) is 0 Å². The Morgan fingerprint density at radius 1 is 0.944 bits per heavy atom. The third-order valence-electron chi connectivity index (χ3n) is 5.10. The second-order valence-electron chi connectivity index (χ2n) is 7.43. The van der Waals surface area contributed by atoms with Gasteiger partial charge in [0.15, 0.2) is 11.5 Å². The normalized spacial score (nSPS) is 11.5. The molecule has 0 aliphatic rings. The molecule has 0 radical (unpaired) electrons. The van der Waals surface area contributed by atoms with Crippen LogP contribution in [-0.2, 0) is 21.4 Å². The van der Waals surface area contributed by atoms with Gasteiger partial charge in [-0.3, -0.25) is 4.79 Å². The minimum absolute atomic E-state index is 0.00750. The highest BCUT2D eigenvalue weighted by molar-refractivity contribution is 7.89. The first-order valence-corrected chi connectivity index (χ1v) is 12.5. The molecule has 3 aromatic rings. The lowest BCUT2D eigenvalue weighted by molar-refractivity contribution is -0.121. The molecule has 190 valence electrons. The smallest absolute Gasteiger partial charge is 0.255 e. The standard InChI is InChI=1S/C25H26ClN3O6S/c1-33-22-14-9-19(24(34-2)25(22)35-3)15-27-28-23(30)17-29(16-18-7-5-4-6-8-18)36(31,32)21-12-10-20(26)11-13-21/h4-15H,16-17H2,1-3H3,(H,28,30)/b27-15-. The van der Waals surface area contributed by atoms with Crippen LogP contribution >= 0.6 is 11.6 Å². The number of hydrogen-bond acceptors (Lipinski definition) is 7. The number of amides is 1. The van der Waals surface area contributed by atoms with Crippen molar-refractivity contribution in [3.63, 3.8) is 0 Å². The summed E-state index contributed by atoms with van der Waals surface area (Å²) in [6.45, 7) is -0.466. The maximum Gasteiger partial charge on any atom is 0.255 e. The third-order valence-corrected chi connectivity index (χ3v) is 7.16. The summed E-state index contributed by atoms with van der Waals surface area (Å²) in [5, 5.41) is 4.37. The summed E-state index contributed by atoms with van der Waals surface area (Å²) >= 11 is 5.91. The zero-order valence-corrected chi connectivity index (χ0v) is 21.5. The molecular weight excluding hydrogens is 506 g/mol. The number of benzene rings is 3. The van der Waals surface area contributed by atoms with Crippen LogP contribution < -0.4 is 19.6 Å². The molecule has 0 aliphatic heterocycles. The van der Waals surface area contributed by atoms with Crippen LogP contribution in [0.2, 0.25) is 5.02 Å². The fraction of sp³-hybridized carbons (Fsp3) is 0.200. The number of sulfonamides is 1. The van der Waals surface area contributed by atoms with E-state index in [2.05, 4.69) is 10.5 Å². The largest absolute Gasteiger partial charge is 0.493 e. The summed E-state index contributed by atoms with van der Waals surface area (Å²) in [7, 11) is 0.447. The van der Waals surface area contributed by atoms with E-state index in [-0.39, 0.29) is 11.4 Å². The van der Waals surface area contributed by atoms with Crippen molar-refractivity contribution in [2.75, 3.05) is 27.9 Å². The zero-order valence-electron chi connectivity index (χ0n) is 20.0. The van der Waals surface area contributed by atoms with E-state index in [1.807, 2.05) is 6.07 Å². The summed E-state index contributed by atoms with van der Waals surface area (Å²) < 4.78 is 43.7. The van der Waals surface area contributed by atoms with Crippen molar-refractivity contribution < 1.29 is 27.4 Å². The van der Waals surface area contributed by atoms with Crippen molar-refractivity contribution >= 4 is 33.7 Å². The van der Waals surface area contributed by atoms with E-state index in [4.69, 9.17) is 25.8 Å². The second kappa shape index (κ2) is 12.4. The lowest BCUT2D eigenvalue weighted by Crippen LogP contribution is -2.39. The van der Waals surface area contributed by atoms with Gasteiger partial charge in [0, 0.05) is 17.1 Å². The molecule has 0 spiro atoms. The summed E-state index contributed by atoms with van der Waals surface area (Å²) in [5.41, 5.74) is 3.62. The Bertz CT molecular complexity index is 1320. The maximum absolute atomic E-state index is 13.3. The predicted molar refractivity (Wildman–Crippen MR) is 137 cm³/mol. The van der Waals surface area contributed by atoms with E-state index < -0.39 is 22.5 Å². The number of hydrazone groups is 1. The Morgan fingerprint density at radius 3 is 2.22 bits per heavy atom. The van der Waals surface area contributed by atoms with Gasteiger partial charge in [0.05, 0.1) is 39.0 Å². The predicted octanol–water partition coefficient (Wildman–Crippen LogP) is 3.71. The SMILES string of the molecule is COc1ccc(/C=N\NC(=O)CN(Cc2ccccc2)S(=O)(=O)c2ccc(Cl)cc2)c(OC)c1OC. The molecule has 0 saturated carbocycles. The number of methoxy groups -OCH3 is 3. The fourth-order valence-corrected chi connectivity index (χ4v) is 4.87. The molecule has 0 heterocycles. The number of ether oxygens (including phenoxy) is 3. The lowest BCUT2D eigenvalue weighted by Gasteiger charge is -2.21. The zero-order chi connectivity index (χ0) is 26.1. The van der Waals surface area contributed by atoms with E-state index in [1.165, 1.54) is 51.8 Å². The van der Waals surface area contributed by atoms with Gasteiger partial charge in [-0.2, -0.15) is 9.41 Å². The first kappa shape index (κ1) is 27.0. The molecule has 0 bridgehead atoms. The Labute approximate surface area is 215 Å². The molecule has 0 aromatic heterocycles. The van der Waals surface area contributed by atoms with E-state index in [9.17, 15) is 13.2 Å². The number of nitrogens with zero attached hydrogens (tertiary/aromatic N) is 2. The van der Waals surface area contributed by atoms with Gasteiger partial charge < -0.3 is 14.2 Å². The minimum atomic E-state index is -4.00. The molecule has 1 amide bonds. The monoisotopic (exact) mass is 531 g/mol. The summed E-state index contributed by atoms with van der Waals surface area (Å²) in [6, 6.07) is 18.1. The molecule has 3 rings (SSSR count). The topological polar surface area (TPSA) is 107 Å². The van der Waals surface area contributed by atoms with Crippen molar-refractivity contribution in [3.05, 3.63) is 82.9 Å². The van der Waals surface area contributed by atoms with Crippen LogP contribution in [0, 0.1) is 0 Å². The van der Waals surface area contributed by atoms with Gasteiger partial charge in [0.1, 0.15) is 0 Å². The van der Waals surface area contributed by atoms with Crippen LogP contribution in [-0.4, -0.2) is 52.7 Å². The molecule has 0 atom stereocenters. The number of hydrogen-bond donors (Lipinski definition) is 1. The molecule has 0 saturated heterocycles. The van der Waals surface area contributed by atoms with Crippen molar-refractivity contribution in [3.8, 4) is 17.2 Å². The quantitative estimate of drug-likeness (QED) is 0.299. The van der Waals surface area contributed by atoms with Gasteiger partial charge >= 0.3 is 0 Å². The van der Waals surface area contributed by atoms with Gasteiger partial charge in [-0.1, -0.05) is 41.9 Å². The minimum Gasteiger partial charge on any atom is -0.493 e. The highest BCUT2D eigenvalue weighted by Crippen LogP contribution is 2.38. The average molecular weight is 532 g/mol. The number of rotatable bonds is 11. The first-order valence-electron chi connectivity index (χ1n) is 10.7. The van der Waals surface area contributed by atoms with E-state index >= 15 is 0 Å². The number of halogens is 1. The Kier molecular flexibility index (Phi) is 9.29. The van der Waals surface area contributed by atoms with Crippen molar-refractivity contribution in [2.24, 2.45) is 5.10 Å². The molecule has 36 heavy (non-hydrogen) atoms. The van der Waals surface area contributed by atoms with Crippen molar-refractivity contribution in [1.29, 1.82) is 0 Å². The Hall–Kier alpha value is -3.60. The van der Waals surface area contributed by atoms with Gasteiger partial charge in [-0.25, -0.2) is 13.8 Å². The average Bonchev–Trinajstić information content (AvgIpc) is 2.88. The molecule has 3 aromatic carbocycles. The molecule has 9 nitrogen and oxygen atoms in total. The van der Waals surface area contributed by atoms with E-state index in [0.717, 1.165) is 9.87 Å². The molecule has 1 N–H and O–H groups in total. The van der Waals surface area contributed by atoms with Gasteiger partial charge in [0.2, 0.25) is 15.8 Å². The van der Waals surface area contributed by atoms with Gasteiger partial charge in [-0.15, -0.1) is 0 Å². The van der Waals surface area contributed by atoms with Gasteiger partial charge in [0.25, 0.3) is 5.91 Å². The number of carbonyl (C=O) groups excluding carboxylic acids is 1. The number of carbonyl (C=O) groups is 1. The van der Waals surface area contributed by atoms with Crippen LogP contribution in [0.3, 0.4) is 0 Å². The Morgan fingerprint density at radius 2 is 1.61 bits per heavy atom. The van der Waals surface area contributed by atoms with Crippen LogP contribution in [0.4, 0.5) is 0 Å². The molecule has 0 unspecified atom stereocenters. The highest BCUT2D eigenvalue weighted by Gasteiger charge is 2.27. The number of nitrogens with one attached hydrogen (secondary N) is 1. The summed E-state index contributed by atoms with van der Waals surface area (Å²) in [6.07, 6.45) is 1.37. The van der Waals surface area contributed by atoms with Crippen LogP contribution in [0.1, 0.15) is 11.1 Å². The van der Waals surface area contributed by atoms with E-state index in [0.29, 0.717) is 27.8 Å². The third kappa shape index (κ3) is 6.54.